The minimum Gasteiger partial charge on any atom is -0.369 e. The molecule has 0 spiro atoms. The Hall–Kier alpha value is -2.04. The van der Waals surface area contributed by atoms with Crippen LogP contribution in [0.4, 0.5) is 11.4 Å². The molecule has 146 valence electrons. The van der Waals surface area contributed by atoms with Crippen molar-refractivity contribution in [1.82, 2.24) is 9.80 Å². The van der Waals surface area contributed by atoms with E-state index < -0.39 is 0 Å². The van der Waals surface area contributed by atoms with Crippen LogP contribution in [0.1, 0.15) is 5.56 Å². The monoisotopic (exact) mass is 366 g/mol. The van der Waals surface area contributed by atoms with Gasteiger partial charge in [-0.25, -0.2) is 0 Å². The molecule has 2 saturated heterocycles. The molecular formula is C23H34N4. The number of rotatable bonds is 2. The number of piperazine rings is 2. The summed E-state index contributed by atoms with van der Waals surface area (Å²) in [6, 6.07) is 19.4. The van der Waals surface area contributed by atoms with E-state index in [0.717, 1.165) is 26.2 Å². The highest BCUT2D eigenvalue weighted by Crippen LogP contribution is 2.17. The second-order valence-electron chi connectivity index (χ2n) is 7.76. The molecule has 2 aromatic rings. The molecule has 0 radical (unpaired) electrons. The summed E-state index contributed by atoms with van der Waals surface area (Å²) in [5.74, 6) is 0. The van der Waals surface area contributed by atoms with Crippen molar-refractivity contribution in [1.29, 1.82) is 0 Å². The van der Waals surface area contributed by atoms with Crippen LogP contribution in [-0.4, -0.2) is 76.3 Å². The van der Waals surface area contributed by atoms with E-state index >= 15 is 0 Å². The highest BCUT2D eigenvalue weighted by molar-refractivity contribution is 5.49. The highest BCUT2D eigenvalue weighted by Gasteiger charge is 2.14. The van der Waals surface area contributed by atoms with Crippen LogP contribution in [0.3, 0.4) is 0 Å². The molecule has 4 heteroatoms. The molecule has 2 aromatic carbocycles. The van der Waals surface area contributed by atoms with Crippen molar-refractivity contribution in [2.45, 2.75) is 6.92 Å². The molecule has 2 aliphatic heterocycles. The lowest BCUT2D eigenvalue weighted by molar-refractivity contribution is 0.313. The van der Waals surface area contributed by atoms with Crippen molar-refractivity contribution < 1.29 is 0 Å². The summed E-state index contributed by atoms with van der Waals surface area (Å²) in [5, 5.41) is 0. The van der Waals surface area contributed by atoms with E-state index in [2.05, 4.69) is 95.2 Å². The lowest BCUT2D eigenvalue weighted by atomic mass is 10.2. The number of benzene rings is 2. The molecule has 2 aliphatic rings. The van der Waals surface area contributed by atoms with E-state index in [4.69, 9.17) is 0 Å². The molecule has 0 bridgehead atoms. The van der Waals surface area contributed by atoms with Gasteiger partial charge in [-0.05, 0) is 50.8 Å². The minimum atomic E-state index is 1.15. The Morgan fingerprint density at radius 1 is 0.556 bits per heavy atom. The Labute approximate surface area is 165 Å². The Kier molecular flexibility index (Phi) is 7.13. The SMILES string of the molecule is CN1CCN(c2ccccc2)CC1.Cc1cccc(N2CCN(C)CC2)c1. The van der Waals surface area contributed by atoms with Gasteiger partial charge in [-0.3, -0.25) is 0 Å². The molecule has 0 aromatic heterocycles. The molecule has 4 rings (SSSR count). The molecule has 0 saturated carbocycles. The van der Waals surface area contributed by atoms with Crippen LogP contribution in [0.5, 0.6) is 0 Å². The molecule has 0 unspecified atom stereocenters. The second-order valence-corrected chi connectivity index (χ2v) is 7.76. The molecule has 0 amide bonds. The number of aryl methyl sites for hydroxylation is 1. The average molecular weight is 367 g/mol. The number of hydrogen-bond acceptors (Lipinski definition) is 4. The predicted molar refractivity (Wildman–Crippen MR) is 117 cm³/mol. The van der Waals surface area contributed by atoms with E-state index in [9.17, 15) is 0 Å². The van der Waals surface area contributed by atoms with Crippen molar-refractivity contribution in [3.05, 3.63) is 60.2 Å². The van der Waals surface area contributed by atoms with E-state index in [-0.39, 0.29) is 0 Å². The highest BCUT2D eigenvalue weighted by atomic mass is 15.3. The van der Waals surface area contributed by atoms with Gasteiger partial charge in [0.05, 0.1) is 0 Å². The summed E-state index contributed by atoms with van der Waals surface area (Å²) < 4.78 is 0. The maximum atomic E-state index is 2.47. The van der Waals surface area contributed by atoms with Gasteiger partial charge in [0, 0.05) is 63.7 Å². The number of anilines is 2. The Bertz CT molecular complexity index is 672. The van der Waals surface area contributed by atoms with Crippen LogP contribution >= 0.6 is 0 Å². The number of nitrogens with zero attached hydrogens (tertiary/aromatic N) is 4. The summed E-state index contributed by atoms with van der Waals surface area (Å²) in [6.45, 7) is 11.5. The molecule has 0 aliphatic carbocycles. The number of para-hydroxylation sites is 1. The summed E-state index contributed by atoms with van der Waals surface area (Å²) in [4.78, 5) is 9.67. The third kappa shape index (κ3) is 5.98. The summed E-state index contributed by atoms with van der Waals surface area (Å²) >= 11 is 0. The van der Waals surface area contributed by atoms with E-state index in [0.29, 0.717) is 0 Å². The smallest absolute Gasteiger partial charge is 0.0369 e. The van der Waals surface area contributed by atoms with Gasteiger partial charge in [-0.2, -0.15) is 0 Å². The number of likely N-dealkylation sites (N-methyl/N-ethyl adjacent to an activating group) is 2. The first kappa shape index (κ1) is 19.7. The summed E-state index contributed by atoms with van der Waals surface area (Å²) in [7, 11) is 4.37. The largest absolute Gasteiger partial charge is 0.369 e. The van der Waals surface area contributed by atoms with E-state index in [1.807, 2.05) is 0 Å². The molecule has 2 fully saturated rings. The summed E-state index contributed by atoms with van der Waals surface area (Å²) in [5.41, 5.74) is 4.08. The standard InChI is InChI=1S/C12H18N2.C11H16N2/c1-11-4-3-5-12(10-11)14-8-6-13(2)7-9-14;1-12-7-9-13(10-8-12)11-5-3-2-4-6-11/h3-5,10H,6-9H2,1-2H3;2-6H,7-10H2,1H3. The Morgan fingerprint density at radius 2 is 1.04 bits per heavy atom. The van der Waals surface area contributed by atoms with Crippen molar-refractivity contribution in [2.24, 2.45) is 0 Å². The van der Waals surface area contributed by atoms with Crippen LogP contribution in [0, 0.1) is 6.92 Å². The summed E-state index contributed by atoms with van der Waals surface area (Å²) in [6.07, 6.45) is 0. The zero-order valence-corrected chi connectivity index (χ0v) is 17.1. The molecule has 0 N–H and O–H groups in total. The zero-order valence-electron chi connectivity index (χ0n) is 17.1. The minimum absolute atomic E-state index is 1.15. The fourth-order valence-corrected chi connectivity index (χ4v) is 3.59. The van der Waals surface area contributed by atoms with Gasteiger partial charge in [-0.15, -0.1) is 0 Å². The van der Waals surface area contributed by atoms with Crippen LogP contribution in [-0.2, 0) is 0 Å². The Balaban J connectivity index is 0.000000156. The topological polar surface area (TPSA) is 13.0 Å². The van der Waals surface area contributed by atoms with E-state index in [1.54, 1.807) is 0 Å². The van der Waals surface area contributed by atoms with Crippen molar-refractivity contribution >= 4 is 11.4 Å². The Morgan fingerprint density at radius 3 is 1.56 bits per heavy atom. The van der Waals surface area contributed by atoms with Gasteiger partial charge >= 0.3 is 0 Å². The van der Waals surface area contributed by atoms with Gasteiger partial charge in [0.25, 0.3) is 0 Å². The predicted octanol–water partition coefficient (Wildman–Crippen LogP) is 3.19. The normalized spacial score (nSPS) is 18.8. The zero-order chi connectivity index (χ0) is 19.1. The average Bonchev–Trinajstić information content (AvgIpc) is 2.70. The fraction of sp³-hybridized carbons (Fsp3) is 0.478. The van der Waals surface area contributed by atoms with Gasteiger partial charge in [0.1, 0.15) is 0 Å². The fourth-order valence-electron chi connectivity index (χ4n) is 3.59. The van der Waals surface area contributed by atoms with Crippen LogP contribution < -0.4 is 9.80 Å². The second kappa shape index (κ2) is 9.77. The third-order valence-corrected chi connectivity index (χ3v) is 5.49. The quantitative estimate of drug-likeness (QED) is 0.809. The lowest BCUT2D eigenvalue weighted by Crippen LogP contribution is -2.44. The first-order valence-electron chi connectivity index (χ1n) is 10.1. The first-order valence-corrected chi connectivity index (χ1v) is 10.1. The van der Waals surface area contributed by atoms with E-state index in [1.165, 1.54) is 43.1 Å². The van der Waals surface area contributed by atoms with Crippen molar-refractivity contribution in [3.8, 4) is 0 Å². The maximum Gasteiger partial charge on any atom is 0.0369 e. The van der Waals surface area contributed by atoms with Crippen LogP contribution in [0.25, 0.3) is 0 Å². The van der Waals surface area contributed by atoms with Gasteiger partial charge in [-0.1, -0.05) is 30.3 Å². The molecule has 4 nitrogen and oxygen atoms in total. The molecule has 2 heterocycles. The molecule has 27 heavy (non-hydrogen) atoms. The van der Waals surface area contributed by atoms with Gasteiger partial charge < -0.3 is 19.6 Å². The van der Waals surface area contributed by atoms with Crippen LogP contribution in [0.2, 0.25) is 0 Å². The van der Waals surface area contributed by atoms with Crippen LogP contribution in [0.15, 0.2) is 54.6 Å². The molecular weight excluding hydrogens is 332 g/mol. The maximum absolute atomic E-state index is 2.47. The van der Waals surface area contributed by atoms with Gasteiger partial charge in [0.15, 0.2) is 0 Å². The lowest BCUT2D eigenvalue weighted by Gasteiger charge is -2.34. The van der Waals surface area contributed by atoms with Crippen molar-refractivity contribution in [2.75, 3.05) is 76.3 Å². The number of hydrogen-bond donors (Lipinski definition) is 0. The molecule has 0 atom stereocenters. The first-order chi connectivity index (χ1) is 13.1. The van der Waals surface area contributed by atoms with Crippen molar-refractivity contribution in [3.63, 3.8) is 0 Å². The van der Waals surface area contributed by atoms with Gasteiger partial charge in [0.2, 0.25) is 0 Å². The third-order valence-electron chi connectivity index (χ3n) is 5.49.